The van der Waals surface area contributed by atoms with Crippen molar-refractivity contribution in [3.63, 3.8) is 0 Å². The monoisotopic (exact) mass is 350 g/mol. The highest BCUT2D eigenvalue weighted by atomic mass is 16.6. The Labute approximate surface area is 150 Å². The van der Waals surface area contributed by atoms with E-state index in [-0.39, 0.29) is 28.5 Å². The molecule has 0 unspecified atom stereocenters. The average Bonchev–Trinajstić information content (AvgIpc) is 3.10. The highest BCUT2D eigenvalue weighted by Gasteiger charge is 2.40. The molecule has 132 valence electrons. The predicted molar refractivity (Wildman–Crippen MR) is 97.2 cm³/mol. The van der Waals surface area contributed by atoms with Gasteiger partial charge < -0.3 is 10.1 Å². The van der Waals surface area contributed by atoms with Gasteiger partial charge in [0.05, 0.1) is 11.0 Å². The molecule has 1 aliphatic heterocycles. The van der Waals surface area contributed by atoms with Crippen molar-refractivity contribution in [2.24, 2.45) is 5.92 Å². The standard InChI is InChI=1S/C20H18N2O4/c1-12(23)26-14-10-8-13(9-11-14)19-16-5-2-4-15(16)17-6-3-7-18(22(24)25)20(17)21-19/h2-4,6-11,15-16,19,21H,5H2,1H3/t15-,16-,19+/m1/s1. The molecule has 2 aliphatic rings. The molecule has 0 aromatic heterocycles. The van der Waals surface area contributed by atoms with Crippen molar-refractivity contribution in [3.8, 4) is 5.75 Å². The number of carbonyl (C=O) groups is 1. The fraction of sp³-hybridized carbons (Fsp3) is 0.250. The van der Waals surface area contributed by atoms with Crippen LogP contribution in [0, 0.1) is 16.0 Å². The summed E-state index contributed by atoms with van der Waals surface area (Å²) in [4.78, 5) is 22.2. The molecule has 4 rings (SSSR count). The van der Waals surface area contributed by atoms with Crippen molar-refractivity contribution in [2.45, 2.75) is 25.3 Å². The Morgan fingerprint density at radius 1 is 1.23 bits per heavy atom. The van der Waals surface area contributed by atoms with Crippen molar-refractivity contribution in [1.82, 2.24) is 0 Å². The molecule has 0 saturated heterocycles. The van der Waals surface area contributed by atoms with Crippen molar-refractivity contribution in [2.75, 3.05) is 5.32 Å². The number of nitrogens with one attached hydrogen (secondary N) is 1. The second kappa shape index (κ2) is 6.29. The zero-order valence-electron chi connectivity index (χ0n) is 14.2. The average molecular weight is 350 g/mol. The highest BCUT2D eigenvalue weighted by molar-refractivity contribution is 5.71. The summed E-state index contributed by atoms with van der Waals surface area (Å²) in [5.74, 6) is 0.580. The van der Waals surface area contributed by atoms with E-state index in [1.807, 2.05) is 18.2 Å². The molecule has 0 spiro atoms. The summed E-state index contributed by atoms with van der Waals surface area (Å²) >= 11 is 0. The van der Waals surface area contributed by atoms with Gasteiger partial charge >= 0.3 is 5.97 Å². The molecular formula is C20H18N2O4. The number of hydrogen-bond acceptors (Lipinski definition) is 5. The van der Waals surface area contributed by atoms with Gasteiger partial charge in [-0.2, -0.15) is 0 Å². The first-order valence-electron chi connectivity index (χ1n) is 8.53. The number of ether oxygens (including phenoxy) is 1. The lowest BCUT2D eigenvalue weighted by Crippen LogP contribution is -2.29. The SMILES string of the molecule is CC(=O)Oc1ccc([C@@H]2Nc3c(cccc3[N+](=O)[O-])[C@@H]3C=CC[C@H]32)cc1. The van der Waals surface area contributed by atoms with Gasteiger partial charge in [-0.1, -0.05) is 36.4 Å². The molecule has 6 nitrogen and oxygen atoms in total. The topological polar surface area (TPSA) is 81.5 Å². The summed E-state index contributed by atoms with van der Waals surface area (Å²) in [7, 11) is 0. The van der Waals surface area contributed by atoms with Gasteiger partial charge in [0, 0.05) is 18.9 Å². The number of allylic oxidation sites excluding steroid dienone is 2. The van der Waals surface area contributed by atoms with Gasteiger partial charge in [-0.15, -0.1) is 0 Å². The van der Waals surface area contributed by atoms with Crippen LogP contribution in [0.4, 0.5) is 11.4 Å². The maximum atomic E-state index is 11.5. The highest BCUT2D eigenvalue weighted by Crippen LogP contribution is 2.52. The Balaban J connectivity index is 1.72. The van der Waals surface area contributed by atoms with Crippen molar-refractivity contribution >= 4 is 17.3 Å². The number of rotatable bonds is 3. The van der Waals surface area contributed by atoms with E-state index in [0.717, 1.165) is 17.5 Å². The fourth-order valence-electron chi connectivity index (χ4n) is 4.00. The summed E-state index contributed by atoms with van der Waals surface area (Å²) in [6.45, 7) is 1.36. The van der Waals surface area contributed by atoms with E-state index < -0.39 is 0 Å². The third kappa shape index (κ3) is 2.73. The second-order valence-electron chi connectivity index (χ2n) is 6.64. The number of esters is 1. The van der Waals surface area contributed by atoms with E-state index in [0.29, 0.717) is 17.4 Å². The predicted octanol–water partition coefficient (Wildman–Crippen LogP) is 4.35. The van der Waals surface area contributed by atoms with E-state index in [1.54, 1.807) is 18.2 Å². The minimum Gasteiger partial charge on any atom is -0.427 e. The lowest BCUT2D eigenvalue weighted by molar-refractivity contribution is -0.384. The van der Waals surface area contributed by atoms with Crippen molar-refractivity contribution in [3.05, 3.63) is 75.9 Å². The third-order valence-corrected chi connectivity index (χ3v) is 5.07. The first kappa shape index (κ1) is 16.3. The van der Waals surface area contributed by atoms with Crippen LogP contribution in [0.5, 0.6) is 5.75 Å². The minimum absolute atomic E-state index is 0.0463. The molecule has 0 bridgehead atoms. The van der Waals surface area contributed by atoms with Crippen molar-refractivity contribution in [1.29, 1.82) is 0 Å². The lowest BCUT2D eigenvalue weighted by atomic mass is 9.77. The van der Waals surface area contributed by atoms with E-state index in [4.69, 9.17) is 4.74 Å². The second-order valence-corrected chi connectivity index (χ2v) is 6.64. The van der Waals surface area contributed by atoms with E-state index in [2.05, 4.69) is 17.5 Å². The Morgan fingerprint density at radius 2 is 2.00 bits per heavy atom. The van der Waals surface area contributed by atoms with Crippen LogP contribution in [-0.2, 0) is 4.79 Å². The van der Waals surface area contributed by atoms with Gasteiger partial charge in [0.1, 0.15) is 11.4 Å². The van der Waals surface area contributed by atoms with Crippen LogP contribution in [0.2, 0.25) is 0 Å². The first-order chi connectivity index (χ1) is 12.5. The number of anilines is 1. The number of nitro groups is 1. The van der Waals surface area contributed by atoms with E-state index in [1.165, 1.54) is 13.0 Å². The van der Waals surface area contributed by atoms with E-state index >= 15 is 0 Å². The fourth-order valence-corrected chi connectivity index (χ4v) is 4.00. The van der Waals surface area contributed by atoms with Gasteiger partial charge in [-0.05, 0) is 35.6 Å². The zero-order chi connectivity index (χ0) is 18.3. The number of fused-ring (bicyclic) bond motifs is 3. The number of para-hydroxylation sites is 1. The van der Waals surface area contributed by atoms with Crippen LogP contribution in [0.1, 0.15) is 36.4 Å². The Kier molecular flexibility index (Phi) is 3.95. The molecule has 3 atom stereocenters. The summed E-state index contributed by atoms with van der Waals surface area (Å²) in [6, 6.07) is 12.5. The van der Waals surface area contributed by atoms with Crippen LogP contribution in [0.25, 0.3) is 0 Å². The molecule has 2 aromatic carbocycles. The molecule has 0 radical (unpaired) electrons. The van der Waals surface area contributed by atoms with Gasteiger partial charge in [-0.3, -0.25) is 14.9 Å². The molecule has 26 heavy (non-hydrogen) atoms. The van der Waals surface area contributed by atoms with Gasteiger partial charge in [0.15, 0.2) is 0 Å². The molecule has 0 amide bonds. The number of hydrogen-bond donors (Lipinski definition) is 1. The molecule has 1 heterocycles. The molecule has 2 aromatic rings. The van der Waals surface area contributed by atoms with Crippen LogP contribution in [0.3, 0.4) is 0 Å². The largest absolute Gasteiger partial charge is 0.427 e. The molecule has 0 saturated carbocycles. The van der Waals surface area contributed by atoms with Gasteiger partial charge in [0.2, 0.25) is 0 Å². The zero-order valence-corrected chi connectivity index (χ0v) is 14.2. The van der Waals surface area contributed by atoms with E-state index in [9.17, 15) is 14.9 Å². The molecule has 6 heteroatoms. The third-order valence-electron chi connectivity index (χ3n) is 5.07. The van der Waals surface area contributed by atoms with Gasteiger partial charge in [0.25, 0.3) is 5.69 Å². The summed E-state index contributed by atoms with van der Waals surface area (Å²) in [5, 5.41) is 14.9. The van der Waals surface area contributed by atoms with Crippen LogP contribution < -0.4 is 10.1 Å². The number of carbonyl (C=O) groups excluding carboxylic acids is 1. The van der Waals surface area contributed by atoms with Gasteiger partial charge in [-0.25, -0.2) is 0 Å². The Hall–Kier alpha value is -3.15. The summed E-state index contributed by atoms with van der Waals surface area (Å²) in [6.07, 6.45) is 5.20. The molecular weight excluding hydrogens is 332 g/mol. The number of benzene rings is 2. The van der Waals surface area contributed by atoms with Crippen LogP contribution in [-0.4, -0.2) is 10.9 Å². The lowest BCUT2D eigenvalue weighted by Gasteiger charge is -2.37. The van der Waals surface area contributed by atoms with Crippen LogP contribution >= 0.6 is 0 Å². The molecule has 1 aliphatic carbocycles. The quantitative estimate of drug-likeness (QED) is 0.293. The normalized spacial score (nSPS) is 22.9. The smallest absolute Gasteiger partial charge is 0.308 e. The summed E-state index contributed by atoms with van der Waals surface area (Å²) in [5.41, 5.74) is 2.69. The molecule has 1 N–H and O–H groups in total. The van der Waals surface area contributed by atoms with Crippen molar-refractivity contribution < 1.29 is 14.5 Å². The maximum Gasteiger partial charge on any atom is 0.308 e. The number of nitro benzene ring substituents is 1. The Morgan fingerprint density at radius 3 is 2.69 bits per heavy atom. The Bertz CT molecular complexity index is 905. The number of nitrogens with zero attached hydrogens (tertiary/aromatic N) is 1. The van der Waals surface area contributed by atoms with Crippen LogP contribution in [0.15, 0.2) is 54.6 Å². The minimum atomic E-state index is -0.363. The first-order valence-corrected chi connectivity index (χ1v) is 8.53. The molecule has 0 fully saturated rings. The maximum absolute atomic E-state index is 11.5. The summed E-state index contributed by atoms with van der Waals surface area (Å²) < 4.78 is 5.09.